The van der Waals surface area contributed by atoms with Crippen LogP contribution in [0.25, 0.3) is 0 Å². The van der Waals surface area contributed by atoms with E-state index in [1.807, 2.05) is 0 Å². The Morgan fingerprint density at radius 2 is 2.12 bits per heavy atom. The van der Waals surface area contributed by atoms with Crippen molar-refractivity contribution >= 4 is 38.9 Å². The van der Waals surface area contributed by atoms with Gasteiger partial charge in [0.2, 0.25) is 0 Å². The van der Waals surface area contributed by atoms with Gasteiger partial charge in [0, 0.05) is 10.9 Å². The minimum Gasteiger partial charge on any atom is -0.309 e. The van der Waals surface area contributed by atoms with Crippen LogP contribution in [0.2, 0.25) is 5.02 Å². The van der Waals surface area contributed by atoms with Crippen LogP contribution in [-0.2, 0) is 0 Å². The maximum Gasteiger partial charge on any atom is 0.0887 e. The topological polar surface area (TPSA) is 12.0 Å². The summed E-state index contributed by atoms with van der Waals surface area (Å²) in [6.07, 6.45) is 2.28. The first-order chi connectivity index (χ1) is 7.83. The lowest BCUT2D eigenvalue weighted by molar-refractivity contribution is 0.314. The van der Waals surface area contributed by atoms with Crippen LogP contribution in [0.3, 0.4) is 0 Å². The molecule has 1 rings (SSSR count). The van der Waals surface area contributed by atoms with E-state index in [0.29, 0.717) is 11.5 Å². The van der Waals surface area contributed by atoms with Gasteiger partial charge in [0.15, 0.2) is 0 Å². The fraction of sp³-hybridized carbons (Fsp3) is 0.692. The zero-order chi connectivity index (χ0) is 13.1. The zero-order valence-electron chi connectivity index (χ0n) is 10.9. The second-order valence-corrected chi connectivity index (χ2v) is 8.35. The first-order valence-electron chi connectivity index (χ1n) is 6.01. The van der Waals surface area contributed by atoms with Gasteiger partial charge in [0.1, 0.15) is 0 Å². The molecule has 1 unspecified atom stereocenters. The van der Waals surface area contributed by atoms with Gasteiger partial charge in [-0.25, -0.2) is 0 Å². The molecule has 4 heteroatoms. The Balaban J connectivity index is 2.81. The molecule has 0 bridgehead atoms. The van der Waals surface area contributed by atoms with Crippen molar-refractivity contribution in [3.8, 4) is 0 Å². The summed E-state index contributed by atoms with van der Waals surface area (Å²) in [6, 6.07) is 2.48. The van der Waals surface area contributed by atoms with E-state index in [4.69, 9.17) is 11.6 Å². The van der Waals surface area contributed by atoms with Crippen molar-refractivity contribution in [2.45, 2.75) is 46.6 Å². The molecule has 0 radical (unpaired) electrons. The van der Waals surface area contributed by atoms with Crippen LogP contribution in [0.1, 0.15) is 51.5 Å². The average molecular weight is 339 g/mol. The minimum atomic E-state index is 0.314. The molecule has 0 saturated heterocycles. The Kier molecular flexibility index (Phi) is 5.97. The molecule has 0 amide bonds. The van der Waals surface area contributed by atoms with E-state index >= 15 is 0 Å². The van der Waals surface area contributed by atoms with Crippen molar-refractivity contribution < 1.29 is 0 Å². The third-order valence-electron chi connectivity index (χ3n) is 2.46. The third-order valence-corrected chi connectivity index (χ3v) is 5.05. The smallest absolute Gasteiger partial charge is 0.0887 e. The molecule has 1 heterocycles. The molecule has 0 aliphatic carbocycles. The van der Waals surface area contributed by atoms with E-state index in [2.05, 4.69) is 55.0 Å². The summed E-state index contributed by atoms with van der Waals surface area (Å²) >= 11 is 11.3. The second kappa shape index (κ2) is 6.55. The first-order valence-corrected chi connectivity index (χ1v) is 8.00. The van der Waals surface area contributed by atoms with Gasteiger partial charge in [-0.05, 0) is 46.8 Å². The van der Waals surface area contributed by atoms with Crippen molar-refractivity contribution in [2.24, 2.45) is 5.41 Å². The van der Waals surface area contributed by atoms with Crippen molar-refractivity contribution in [1.82, 2.24) is 5.32 Å². The average Bonchev–Trinajstić information content (AvgIpc) is 2.52. The molecule has 1 aromatic rings. The summed E-state index contributed by atoms with van der Waals surface area (Å²) in [7, 11) is 0. The molecule has 0 aliphatic rings. The number of hydrogen-bond acceptors (Lipinski definition) is 2. The highest BCUT2D eigenvalue weighted by Crippen LogP contribution is 2.39. The Hall–Kier alpha value is 0.430. The van der Waals surface area contributed by atoms with Crippen LogP contribution >= 0.6 is 38.9 Å². The summed E-state index contributed by atoms with van der Waals surface area (Å²) in [5.74, 6) is 0. The predicted molar refractivity (Wildman–Crippen MR) is 82.1 cm³/mol. The van der Waals surface area contributed by atoms with Crippen molar-refractivity contribution in [3.05, 3.63) is 19.8 Å². The van der Waals surface area contributed by atoms with Gasteiger partial charge in [-0.15, -0.1) is 11.3 Å². The first kappa shape index (κ1) is 15.5. The monoisotopic (exact) mass is 337 g/mol. The van der Waals surface area contributed by atoms with Crippen LogP contribution in [0.5, 0.6) is 0 Å². The quantitative estimate of drug-likeness (QED) is 0.732. The molecule has 0 aromatic carbocycles. The number of thiophene rings is 1. The fourth-order valence-electron chi connectivity index (χ4n) is 1.74. The molecule has 1 nitrogen and oxygen atoms in total. The number of rotatable bonds is 5. The summed E-state index contributed by atoms with van der Waals surface area (Å²) in [5.41, 5.74) is 0.314. The standard InChI is InChI=1S/C13H21BrClNS/c1-5-6-16-10(8-13(2,3)4)11-7-9(15)12(14)17-11/h7,10,16H,5-6,8H2,1-4H3. The van der Waals surface area contributed by atoms with Gasteiger partial charge < -0.3 is 5.32 Å². The molecule has 0 aliphatic heterocycles. The largest absolute Gasteiger partial charge is 0.309 e. The third kappa shape index (κ3) is 5.29. The lowest BCUT2D eigenvalue weighted by Crippen LogP contribution is -2.25. The summed E-state index contributed by atoms with van der Waals surface area (Å²) < 4.78 is 1.03. The van der Waals surface area contributed by atoms with Gasteiger partial charge in [0.25, 0.3) is 0 Å². The van der Waals surface area contributed by atoms with Crippen molar-refractivity contribution in [3.63, 3.8) is 0 Å². The molecule has 1 N–H and O–H groups in total. The van der Waals surface area contributed by atoms with E-state index in [1.54, 1.807) is 11.3 Å². The van der Waals surface area contributed by atoms with Crippen LogP contribution in [-0.4, -0.2) is 6.54 Å². The maximum absolute atomic E-state index is 6.11. The molecule has 1 atom stereocenters. The highest BCUT2D eigenvalue weighted by Gasteiger charge is 2.22. The predicted octanol–water partition coefficient (Wildman–Crippen LogP) is 5.64. The van der Waals surface area contributed by atoms with Gasteiger partial charge in [-0.1, -0.05) is 39.3 Å². The molecule has 0 spiro atoms. The molecule has 0 saturated carbocycles. The SMILES string of the molecule is CCCNC(CC(C)(C)C)c1cc(Cl)c(Br)s1. The lowest BCUT2D eigenvalue weighted by atomic mass is 9.87. The van der Waals surface area contributed by atoms with Gasteiger partial charge in [-0.2, -0.15) is 0 Å². The molecular weight excluding hydrogens is 318 g/mol. The summed E-state index contributed by atoms with van der Waals surface area (Å²) in [6.45, 7) is 10.1. The lowest BCUT2D eigenvalue weighted by Gasteiger charge is -2.26. The van der Waals surface area contributed by atoms with Gasteiger partial charge in [-0.3, -0.25) is 0 Å². The van der Waals surface area contributed by atoms with Crippen LogP contribution in [0.4, 0.5) is 0 Å². The van der Waals surface area contributed by atoms with Crippen molar-refractivity contribution in [1.29, 1.82) is 0 Å². The maximum atomic E-state index is 6.11. The number of nitrogens with one attached hydrogen (secondary N) is 1. The minimum absolute atomic E-state index is 0.314. The Morgan fingerprint density at radius 1 is 1.47 bits per heavy atom. The van der Waals surface area contributed by atoms with Crippen LogP contribution in [0, 0.1) is 5.41 Å². The summed E-state index contributed by atoms with van der Waals surface area (Å²) in [5, 5.41) is 4.44. The Labute approximate surface area is 122 Å². The molecule has 0 fully saturated rings. The van der Waals surface area contributed by atoms with Gasteiger partial charge >= 0.3 is 0 Å². The van der Waals surface area contributed by atoms with Gasteiger partial charge in [0.05, 0.1) is 8.81 Å². The van der Waals surface area contributed by atoms with E-state index in [-0.39, 0.29) is 0 Å². The fourth-order valence-corrected chi connectivity index (χ4v) is 3.56. The Morgan fingerprint density at radius 3 is 2.53 bits per heavy atom. The van der Waals surface area contributed by atoms with Crippen LogP contribution < -0.4 is 5.32 Å². The number of hydrogen-bond donors (Lipinski definition) is 1. The number of halogens is 2. The van der Waals surface area contributed by atoms with E-state index in [0.717, 1.165) is 28.2 Å². The molecule has 17 heavy (non-hydrogen) atoms. The second-order valence-electron chi connectivity index (χ2n) is 5.54. The van der Waals surface area contributed by atoms with Crippen LogP contribution in [0.15, 0.2) is 9.85 Å². The summed E-state index contributed by atoms with van der Waals surface area (Å²) in [4.78, 5) is 1.32. The van der Waals surface area contributed by atoms with Crippen molar-refractivity contribution in [2.75, 3.05) is 6.54 Å². The van der Waals surface area contributed by atoms with E-state index in [9.17, 15) is 0 Å². The normalized spacial score (nSPS) is 14.0. The Bertz CT molecular complexity index is 337. The van der Waals surface area contributed by atoms with E-state index in [1.165, 1.54) is 4.88 Å². The zero-order valence-corrected chi connectivity index (χ0v) is 14.1. The molecular formula is C13H21BrClNS. The highest BCUT2D eigenvalue weighted by molar-refractivity contribution is 9.11. The van der Waals surface area contributed by atoms with E-state index < -0.39 is 0 Å². The molecule has 1 aromatic heterocycles. The molecule has 98 valence electrons. The highest BCUT2D eigenvalue weighted by atomic mass is 79.9.